The lowest BCUT2D eigenvalue weighted by Gasteiger charge is -2.13. The molecule has 0 radical (unpaired) electrons. The quantitative estimate of drug-likeness (QED) is 0.650. The predicted octanol–water partition coefficient (Wildman–Crippen LogP) is 0.00610. The second-order valence-corrected chi connectivity index (χ2v) is 3.15. The van der Waals surface area contributed by atoms with Crippen LogP contribution in [0.3, 0.4) is 0 Å². The molecular weight excluding hydrogens is 188 g/mol. The monoisotopic (exact) mass is 202 g/mol. The summed E-state index contributed by atoms with van der Waals surface area (Å²) in [6, 6.07) is 0. The van der Waals surface area contributed by atoms with Crippen LogP contribution in [0.2, 0.25) is 0 Å². The fourth-order valence-electron chi connectivity index (χ4n) is 1.33. The highest BCUT2D eigenvalue weighted by Gasteiger charge is 2.28. The first kappa shape index (κ1) is 11.0. The van der Waals surface area contributed by atoms with E-state index in [4.69, 9.17) is 4.74 Å². The second kappa shape index (κ2) is 4.95. The maximum absolute atomic E-state index is 11.0. The van der Waals surface area contributed by atoms with E-state index >= 15 is 0 Å². The van der Waals surface area contributed by atoms with E-state index in [1.807, 2.05) is 0 Å². The fourth-order valence-corrected chi connectivity index (χ4v) is 1.33. The number of ether oxygens (including phenoxy) is 2. The molecule has 80 valence electrons. The van der Waals surface area contributed by atoms with Gasteiger partial charge in [-0.1, -0.05) is 0 Å². The lowest BCUT2D eigenvalue weighted by Crippen LogP contribution is -2.27. The Labute approximate surface area is 82.0 Å². The van der Waals surface area contributed by atoms with Crippen molar-refractivity contribution in [2.45, 2.75) is 38.4 Å². The molecule has 5 heteroatoms. The van der Waals surface area contributed by atoms with Crippen LogP contribution >= 0.6 is 0 Å². The molecule has 2 unspecified atom stereocenters. The van der Waals surface area contributed by atoms with E-state index in [0.29, 0.717) is 12.8 Å². The Morgan fingerprint density at radius 1 is 1.79 bits per heavy atom. The predicted molar refractivity (Wildman–Crippen MR) is 46.4 cm³/mol. The minimum atomic E-state index is -1.19. The number of aliphatic hydroxyl groups is 1. The minimum Gasteiger partial charge on any atom is -0.464 e. The van der Waals surface area contributed by atoms with Gasteiger partial charge in [0, 0.05) is 12.8 Å². The van der Waals surface area contributed by atoms with Crippen molar-refractivity contribution < 1.29 is 24.2 Å². The van der Waals surface area contributed by atoms with Crippen molar-refractivity contribution in [2.24, 2.45) is 0 Å². The molecule has 2 atom stereocenters. The molecule has 1 aliphatic heterocycles. The number of esters is 2. The van der Waals surface area contributed by atoms with E-state index in [1.165, 1.54) is 0 Å². The minimum absolute atomic E-state index is 0.130. The Hall–Kier alpha value is -1.10. The zero-order chi connectivity index (χ0) is 10.6. The van der Waals surface area contributed by atoms with Crippen molar-refractivity contribution in [1.82, 2.24) is 0 Å². The van der Waals surface area contributed by atoms with Crippen molar-refractivity contribution in [2.75, 3.05) is 6.61 Å². The van der Waals surface area contributed by atoms with Crippen LogP contribution in [-0.4, -0.2) is 35.9 Å². The first-order valence-electron chi connectivity index (χ1n) is 4.67. The highest BCUT2D eigenvalue weighted by Crippen LogP contribution is 2.18. The van der Waals surface area contributed by atoms with Crippen LogP contribution in [0.4, 0.5) is 0 Å². The van der Waals surface area contributed by atoms with Crippen molar-refractivity contribution >= 4 is 11.9 Å². The largest absolute Gasteiger partial charge is 0.464 e. The lowest BCUT2D eigenvalue weighted by atomic mass is 10.1. The molecule has 0 bridgehead atoms. The van der Waals surface area contributed by atoms with Gasteiger partial charge in [-0.15, -0.1) is 0 Å². The molecule has 1 aliphatic rings. The van der Waals surface area contributed by atoms with Crippen molar-refractivity contribution in [3.8, 4) is 0 Å². The van der Waals surface area contributed by atoms with Gasteiger partial charge in [0.1, 0.15) is 6.10 Å². The smallest absolute Gasteiger partial charge is 0.335 e. The molecule has 0 amide bonds. The summed E-state index contributed by atoms with van der Waals surface area (Å²) in [6.45, 7) is 1.90. The Morgan fingerprint density at radius 3 is 3.00 bits per heavy atom. The van der Waals surface area contributed by atoms with Gasteiger partial charge in [-0.3, -0.25) is 4.79 Å². The Kier molecular flexibility index (Phi) is 3.88. The summed E-state index contributed by atoms with van der Waals surface area (Å²) in [7, 11) is 0. The third-order valence-electron chi connectivity index (χ3n) is 2.01. The molecule has 0 aliphatic carbocycles. The highest BCUT2D eigenvalue weighted by atomic mass is 16.6. The van der Waals surface area contributed by atoms with Gasteiger partial charge in [-0.25, -0.2) is 4.79 Å². The topological polar surface area (TPSA) is 72.8 Å². The number of hydrogen-bond donors (Lipinski definition) is 1. The van der Waals surface area contributed by atoms with Crippen LogP contribution in [0.25, 0.3) is 0 Å². The Morgan fingerprint density at radius 2 is 2.50 bits per heavy atom. The number of hydrogen-bond acceptors (Lipinski definition) is 5. The summed E-state index contributed by atoms with van der Waals surface area (Å²) in [5, 5.41) is 9.33. The van der Waals surface area contributed by atoms with E-state index in [0.717, 1.165) is 0 Å². The molecule has 1 rings (SSSR count). The van der Waals surface area contributed by atoms with Crippen LogP contribution in [-0.2, 0) is 19.1 Å². The molecule has 0 aromatic carbocycles. The van der Waals surface area contributed by atoms with Crippen LogP contribution < -0.4 is 0 Å². The van der Waals surface area contributed by atoms with Crippen LogP contribution in [0.15, 0.2) is 0 Å². The molecule has 1 saturated heterocycles. The number of carbonyl (C=O) groups is 2. The summed E-state index contributed by atoms with van der Waals surface area (Å²) in [5.74, 6) is -0.929. The van der Waals surface area contributed by atoms with Crippen LogP contribution in [0, 0.1) is 0 Å². The van der Waals surface area contributed by atoms with Crippen molar-refractivity contribution in [1.29, 1.82) is 0 Å². The third kappa shape index (κ3) is 2.99. The average molecular weight is 202 g/mol. The summed E-state index contributed by atoms with van der Waals surface area (Å²) in [5.41, 5.74) is 0. The van der Waals surface area contributed by atoms with Gasteiger partial charge in [0.25, 0.3) is 0 Å². The zero-order valence-electron chi connectivity index (χ0n) is 8.06. The lowest BCUT2D eigenvalue weighted by molar-refractivity contribution is -0.156. The number of aliphatic hydroxyl groups excluding tert-OH is 1. The maximum atomic E-state index is 11.0. The van der Waals surface area contributed by atoms with Crippen LogP contribution in [0.5, 0.6) is 0 Å². The summed E-state index contributed by atoms with van der Waals surface area (Å²) >= 11 is 0. The summed E-state index contributed by atoms with van der Waals surface area (Å²) in [4.78, 5) is 21.7. The van der Waals surface area contributed by atoms with E-state index in [9.17, 15) is 14.7 Å². The standard InChI is InChI=1S/C9H14O5/c1-2-13-9(12)7(10)5-6-3-4-8(11)14-6/h6-7,10H,2-5H2,1H3. The van der Waals surface area contributed by atoms with Crippen LogP contribution in [0.1, 0.15) is 26.2 Å². The molecule has 1 N–H and O–H groups in total. The molecule has 0 saturated carbocycles. The number of rotatable bonds is 4. The molecule has 14 heavy (non-hydrogen) atoms. The second-order valence-electron chi connectivity index (χ2n) is 3.15. The molecule has 0 aromatic heterocycles. The van der Waals surface area contributed by atoms with Gasteiger partial charge in [-0.05, 0) is 13.3 Å². The molecule has 0 spiro atoms. The maximum Gasteiger partial charge on any atom is 0.335 e. The zero-order valence-corrected chi connectivity index (χ0v) is 8.06. The van der Waals surface area contributed by atoms with Gasteiger partial charge < -0.3 is 14.6 Å². The molecular formula is C9H14O5. The normalized spacial score (nSPS) is 23.0. The summed E-state index contributed by atoms with van der Waals surface area (Å²) in [6.07, 6.45) is -0.479. The fraction of sp³-hybridized carbons (Fsp3) is 0.778. The molecule has 1 heterocycles. The van der Waals surface area contributed by atoms with Crippen molar-refractivity contribution in [3.63, 3.8) is 0 Å². The van der Waals surface area contributed by atoms with Gasteiger partial charge in [0.2, 0.25) is 0 Å². The first-order chi connectivity index (χ1) is 6.63. The number of cyclic esters (lactones) is 1. The molecule has 1 fully saturated rings. The van der Waals surface area contributed by atoms with E-state index in [1.54, 1.807) is 6.92 Å². The van der Waals surface area contributed by atoms with E-state index in [-0.39, 0.29) is 25.1 Å². The third-order valence-corrected chi connectivity index (χ3v) is 2.01. The average Bonchev–Trinajstić information content (AvgIpc) is 2.51. The first-order valence-corrected chi connectivity index (χ1v) is 4.67. The van der Waals surface area contributed by atoms with E-state index < -0.39 is 12.1 Å². The van der Waals surface area contributed by atoms with Gasteiger partial charge in [0.15, 0.2) is 6.10 Å². The van der Waals surface area contributed by atoms with Gasteiger partial charge in [-0.2, -0.15) is 0 Å². The molecule has 5 nitrogen and oxygen atoms in total. The Bertz CT molecular complexity index is 225. The van der Waals surface area contributed by atoms with Gasteiger partial charge in [0.05, 0.1) is 6.61 Å². The summed E-state index contributed by atoms with van der Waals surface area (Å²) < 4.78 is 9.46. The highest BCUT2D eigenvalue weighted by molar-refractivity contribution is 5.75. The van der Waals surface area contributed by atoms with Gasteiger partial charge >= 0.3 is 11.9 Å². The SMILES string of the molecule is CCOC(=O)C(O)CC1CCC(=O)O1. The van der Waals surface area contributed by atoms with Crippen molar-refractivity contribution in [3.05, 3.63) is 0 Å². The molecule has 0 aromatic rings. The Balaban J connectivity index is 2.29. The van der Waals surface area contributed by atoms with E-state index in [2.05, 4.69) is 4.74 Å². The number of carbonyl (C=O) groups excluding carboxylic acids is 2.